The highest BCUT2D eigenvalue weighted by molar-refractivity contribution is 7.08. The summed E-state index contributed by atoms with van der Waals surface area (Å²) in [5, 5.41) is 15.6. The van der Waals surface area contributed by atoms with Crippen LogP contribution in [0.1, 0.15) is 45.5 Å². The molecule has 0 fully saturated rings. The summed E-state index contributed by atoms with van der Waals surface area (Å²) in [5.41, 5.74) is 6.70. The molecule has 7 nitrogen and oxygen atoms in total. The zero-order valence-electron chi connectivity index (χ0n) is 11.5. The van der Waals surface area contributed by atoms with E-state index < -0.39 is 11.9 Å². The van der Waals surface area contributed by atoms with Crippen molar-refractivity contribution in [3.05, 3.63) is 34.3 Å². The summed E-state index contributed by atoms with van der Waals surface area (Å²) in [6.45, 7) is 3.80. The quantitative estimate of drug-likeness (QED) is 0.745. The van der Waals surface area contributed by atoms with Crippen molar-refractivity contribution in [2.24, 2.45) is 0 Å². The third kappa shape index (κ3) is 3.16. The van der Waals surface area contributed by atoms with Crippen LogP contribution in [0.2, 0.25) is 0 Å². The zero-order valence-corrected chi connectivity index (χ0v) is 12.3. The van der Waals surface area contributed by atoms with E-state index in [2.05, 4.69) is 14.9 Å². The molecule has 1 aromatic carbocycles. The second-order valence-corrected chi connectivity index (χ2v) is 5.46. The molecule has 0 radical (unpaired) electrons. The Hall–Kier alpha value is -2.48. The summed E-state index contributed by atoms with van der Waals surface area (Å²) in [6.07, 6.45) is 0. The summed E-state index contributed by atoms with van der Waals surface area (Å²) in [7, 11) is 0. The number of hydrogen-bond acceptors (Lipinski definition) is 6. The van der Waals surface area contributed by atoms with E-state index in [0.29, 0.717) is 16.3 Å². The Morgan fingerprint density at radius 2 is 2.10 bits per heavy atom. The molecule has 8 heteroatoms. The standard InChI is InChI=1S/C13H14N4O3S/c1-6(2)10-11(21-17-16-10)12(18)15-9-5-7(14)3-4-8(9)13(19)20/h3-6H,14H2,1-2H3,(H,15,18)(H,19,20). The molecule has 1 heterocycles. The molecule has 0 aliphatic rings. The number of nitrogens with zero attached hydrogens (tertiary/aromatic N) is 2. The Morgan fingerprint density at radius 1 is 1.38 bits per heavy atom. The number of anilines is 2. The highest BCUT2D eigenvalue weighted by Gasteiger charge is 2.20. The van der Waals surface area contributed by atoms with E-state index >= 15 is 0 Å². The summed E-state index contributed by atoms with van der Waals surface area (Å²) in [4.78, 5) is 23.8. The van der Waals surface area contributed by atoms with Gasteiger partial charge in [-0.15, -0.1) is 5.10 Å². The van der Waals surface area contributed by atoms with Gasteiger partial charge in [-0.1, -0.05) is 18.3 Å². The number of hydrogen-bond donors (Lipinski definition) is 3. The average Bonchev–Trinajstić information content (AvgIpc) is 2.87. The first-order valence-electron chi connectivity index (χ1n) is 6.16. The van der Waals surface area contributed by atoms with Gasteiger partial charge >= 0.3 is 5.97 Å². The lowest BCUT2D eigenvalue weighted by Crippen LogP contribution is -2.16. The van der Waals surface area contributed by atoms with Crippen molar-refractivity contribution in [1.82, 2.24) is 9.59 Å². The fourth-order valence-electron chi connectivity index (χ4n) is 1.76. The molecule has 1 amide bonds. The first kappa shape index (κ1) is 14.9. The lowest BCUT2D eigenvalue weighted by Gasteiger charge is -2.09. The average molecular weight is 306 g/mol. The molecule has 0 atom stereocenters. The number of carbonyl (C=O) groups excluding carboxylic acids is 1. The number of aromatic nitrogens is 2. The van der Waals surface area contributed by atoms with E-state index in [-0.39, 0.29) is 17.2 Å². The highest BCUT2D eigenvalue weighted by atomic mass is 32.1. The van der Waals surface area contributed by atoms with Crippen LogP contribution in [0.4, 0.5) is 11.4 Å². The Labute approximate surface area is 125 Å². The molecule has 0 unspecified atom stereocenters. The van der Waals surface area contributed by atoms with Crippen molar-refractivity contribution >= 4 is 34.8 Å². The molecular weight excluding hydrogens is 292 g/mol. The van der Waals surface area contributed by atoms with Crippen molar-refractivity contribution in [3.8, 4) is 0 Å². The van der Waals surface area contributed by atoms with E-state index in [0.717, 1.165) is 11.5 Å². The molecule has 2 rings (SSSR count). The molecule has 0 bridgehead atoms. The number of carboxylic acids is 1. The van der Waals surface area contributed by atoms with E-state index in [4.69, 9.17) is 10.8 Å². The number of carboxylic acid groups (broad SMARTS) is 1. The molecule has 0 spiro atoms. The van der Waals surface area contributed by atoms with Gasteiger partial charge in [-0.05, 0) is 35.6 Å². The van der Waals surface area contributed by atoms with Gasteiger partial charge in [-0.3, -0.25) is 4.79 Å². The van der Waals surface area contributed by atoms with Gasteiger partial charge in [0.2, 0.25) is 0 Å². The zero-order chi connectivity index (χ0) is 15.6. The predicted molar refractivity (Wildman–Crippen MR) is 79.8 cm³/mol. The fraction of sp³-hybridized carbons (Fsp3) is 0.231. The monoisotopic (exact) mass is 306 g/mol. The number of nitrogens with two attached hydrogens (primary N) is 1. The summed E-state index contributed by atoms with van der Waals surface area (Å²) in [6, 6.07) is 4.22. The van der Waals surface area contributed by atoms with Crippen LogP contribution in [0.3, 0.4) is 0 Å². The van der Waals surface area contributed by atoms with Crippen molar-refractivity contribution in [3.63, 3.8) is 0 Å². The van der Waals surface area contributed by atoms with Crippen molar-refractivity contribution in [2.45, 2.75) is 19.8 Å². The number of amides is 1. The van der Waals surface area contributed by atoms with E-state index in [1.807, 2.05) is 13.8 Å². The third-order valence-electron chi connectivity index (χ3n) is 2.79. The lowest BCUT2D eigenvalue weighted by atomic mass is 10.1. The SMILES string of the molecule is CC(C)c1nnsc1C(=O)Nc1cc(N)ccc1C(=O)O. The van der Waals surface area contributed by atoms with E-state index in [1.54, 1.807) is 0 Å². The summed E-state index contributed by atoms with van der Waals surface area (Å²) in [5.74, 6) is -1.54. The molecule has 0 saturated carbocycles. The molecular formula is C13H14N4O3S. The highest BCUT2D eigenvalue weighted by Crippen LogP contribution is 2.24. The van der Waals surface area contributed by atoms with Crippen LogP contribution < -0.4 is 11.1 Å². The maximum absolute atomic E-state index is 12.3. The number of benzene rings is 1. The molecule has 0 aliphatic carbocycles. The number of rotatable bonds is 4. The minimum Gasteiger partial charge on any atom is -0.478 e. The van der Waals surface area contributed by atoms with Crippen LogP contribution in [0.25, 0.3) is 0 Å². The summed E-state index contributed by atoms with van der Waals surface area (Å²) < 4.78 is 3.77. The van der Waals surface area contributed by atoms with Crippen LogP contribution in [-0.4, -0.2) is 26.6 Å². The molecule has 0 saturated heterocycles. The normalized spacial score (nSPS) is 10.6. The van der Waals surface area contributed by atoms with E-state index in [1.165, 1.54) is 18.2 Å². The fourth-order valence-corrected chi connectivity index (χ4v) is 2.48. The van der Waals surface area contributed by atoms with Gasteiger partial charge in [0.15, 0.2) is 0 Å². The van der Waals surface area contributed by atoms with Crippen molar-refractivity contribution in [2.75, 3.05) is 11.1 Å². The minimum absolute atomic E-state index is 0.0267. The molecule has 110 valence electrons. The maximum atomic E-state index is 12.3. The number of aromatic carboxylic acids is 1. The van der Waals surface area contributed by atoms with E-state index in [9.17, 15) is 9.59 Å². The van der Waals surface area contributed by atoms with Crippen LogP contribution >= 0.6 is 11.5 Å². The van der Waals surface area contributed by atoms with Gasteiger partial charge in [0.25, 0.3) is 5.91 Å². The topological polar surface area (TPSA) is 118 Å². The summed E-state index contributed by atoms with van der Waals surface area (Å²) >= 11 is 0.972. The Morgan fingerprint density at radius 3 is 2.71 bits per heavy atom. The Bertz CT molecular complexity index is 696. The van der Waals surface area contributed by atoms with Gasteiger partial charge < -0.3 is 16.2 Å². The molecule has 1 aromatic heterocycles. The Balaban J connectivity index is 2.33. The maximum Gasteiger partial charge on any atom is 0.337 e. The molecule has 2 aromatic rings. The second kappa shape index (κ2) is 5.88. The molecule has 0 aliphatic heterocycles. The predicted octanol–water partition coefficient (Wildman–Crippen LogP) is 2.19. The van der Waals surface area contributed by atoms with Crippen LogP contribution in [0.15, 0.2) is 18.2 Å². The first-order chi connectivity index (χ1) is 9.90. The van der Waals surface area contributed by atoms with Crippen LogP contribution in [-0.2, 0) is 0 Å². The van der Waals surface area contributed by atoms with Crippen LogP contribution in [0.5, 0.6) is 0 Å². The smallest absolute Gasteiger partial charge is 0.337 e. The van der Waals surface area contributed by atoms with Gasteiger partial charge in [-0.25, -0.2) is 4.79 Å². The van der Waals surface area contributed by atoms with Crippen LogP contribution in [0, 0.1) is 0 Å². The molecule has 4 N–H and O–H groups in total. The third-order valence-corrected chi connectivity index (χ3v) is 3.53. The minimum atomic E-state index is -1.14. The lowest BCUT2D eigenvalue weighted by molar-refractivity contribution is 0.0698. The largest absolute Gasteiger partial charge is 0.478 e. The van der Waals surface area contributed by atoms with Gasteiger partial charge in [0.1, 0.15) is 4.88 Å². The Kier molecular flexibility index (Phi) is 4.18. The van der Waals surface area contributed by atoms with Gasteiger partial charge in [-0.2, -0.15) is 0 Å². The van der Waals surface area contributed by atoms with Gasteiger partial charge in [0.05, 0.1) is 16.9 Å². The number of nitrogens with one attached hydrogen (secondary N) is 1. The molecule has 21 heavy (non-hydrogen) atoms. The number of nitrogen functional groups attached to an aromatic ring is 1. The number of carbonyl (C=O) groups is 2. The van der Waals surface area contributed by atoms with Crippen molar-refractivity contribution in [1.29, 1.82) is 0 Å². The first-order valence-corrected chi connectivity index (χ1v) is 6.94. The van der Waals surface area contributed by atoms with Crippen molar-refractivity contribution < 1.29 is 14.7 Å². The van der Waals surface area contributed by atoms with Gasteiger partial charge in [0, 0.05) is 5.69 Å². The second-order valence-electron chi connectivity index (χ2n) is 4.71.